The van der Waals surface area contributed by atoms with Crippen LogP contribution >= 0.6 is 11.6 Å². The van der Waals surface area contributed by atoms with Crippen LogP contribution in [-0.4, -0.2) is 20.6 Å². The number of amides is 1. The van der Waals surface area contributed by atoms with E-state index in [1.807, 2.05) is 18.5 Å². The van der Waals surface area contributed by atoms with Gasteiger partial charge in [0, 0.05) is 42.0 Å². The van der Waals surface area contributed by atoms with Gasteiger partial charge in [-0.05, 0) is 37.6 Å². The normalized spacial score (nSPS) is 10.6. The number of nitrogens with zero attached hydrogens (tertiary/aromatic N) is 3. The molecule has 8 nitrogen and oxygen atoms in total. The van der Waals surface area contributed by atoms with Gasteiger partial charge < -0.3 is 10.1 Å². The maximum atomic E-state index is 12.4. The van der Waals surface area contributed by atoms with Crippen LogP contribution in [0.15, 0.2) is 48.7 Å². The zero-order valence-electron chi connectivity index (χ0n) is 16.6. The average molecular weight is 429 g/mol. The molecule has 9 heteroatoms. The van der Waals surface area contributed by atoms with Crippen molar-refractivity contribution in [1.29, 1.82) is 0 Å². The van der Waals surface area contributed by atoms with Gasteiger partial charge in [0.2, 0.25) is 0 Å². The zero-order valence-corrected chi connectivity index (χ0v) is 17.3. The third-order valence-corrected chi connectivity index (χ3v) is 4.98. The van der Waals surface area contributed by atoms with E-state index in [-0.39, 0.29) is 23.2 Å². The summed E-state index contributed by atoms with van der Waals surface area (Å²) in [6.07, 6.45) is 1.77. The summed E-state index contributed by atoms with van der Waals surface area (Å²) in [4.78, 5) is 22.6. The highest BCUT2D eigenvalue weighted by Gasteiger charge is 2.11. The number of carbonyl (C=O) groups excluding carboxylic acids is 1. The smallest absolute Gasteiger partial charge is 0.271 e. The first kappa shape index (κ1) is 21.3. The molecule has 30 heavy (non-hydrogen) atoms. The minimum Gasteiger partial charge on any atom is -0.487 e. The lowest BCUT2D eigenvalue weighted by Crippen LogP contribution is -2.23. The number of benzene rings is 2. The molecule has 0 atom stereocenters. The molecule has 0 bridgehead atoms. The van der Waals surface area contributed by atoms with Gasteiger partial charge in [-0.2, -0.15) is 5.10 Å². The highest BCUT2D eigenvalue weighted by molar-refractivity contribution is 6.32. The number of nitro groups is 1. The molecule has 0 saturated carbocycles. The minimum atomic E-state index is -0.517. The Morgan fingerprint density at radius 3 is 2.60 bits per heavy atom. The number of nitro benzene ring substituents is 1. The highest BCUT2D eigenvalue weighted by Crippen LogP contribution is 2.29. The summed E-state index contributed by atoms with van der Waals surface area (Å²) in [5.41, 5.74) is 3.29. The molecule has 2 aromatic carbocycles. The number of carbonyl (C=O) groups is 1. The van der Waals surface area contributed by atoms with Gasteiger partial charge in [0.25, 0.3) is 11.6 Å². The van der Waals surface area contributed by atoms with Crippen LogP contribution in [0, 0.1) is 17.0 Å². The van der Waals surface area contributed by atoms with Crippen molar-refractivity contribution in [2.75, 3.05) is 0 Å². The van der Waals surface area contributed by atoms with Crippen LogP contribution in [0.25, 0.3) is 0 Å². The molecule has 0 radical (unpaired) electrons. The van der Waals surface area contributed by atoms with Crippen LogP contribution in [-0.2, 0) is 19.7 Å². The lowest BCUT2D eigenvalue weighted by Gasteiger charge is -2.09. The number of halogens is 1. The van der Waals surface area contributed by atoms with Gasteiger partial charge in [-0.1, -0.05) is 23.7 Å². The molecule has 0 aliphatic carbocycles. The molecular weight excluding hydrogens is 408 g/mol. The number of hydrogen-bond acceptors (Lipinski definition) is 5. The van der Waals surface area contributed by atoms with E-state index in [0.29, 0.717) is 17.9 Å². The van der Waals surface area contributed by atoms with Crippen molar-refractivity contribution in [1.82, 2.24) is 15.1 Å². The Bertz CT molecular complexity index is 1060. The Kier molecular flexibility index (Phi) is 6.68. The quantitative estimate of drug-likeness (QED) is 0.426. The van der Waals surface area contributed by atoms with Crippen molar-refractivity contribution in [3.8, 4) is 5.75 Å². The summed E-state index contributed by atoms with van der Waals surface area (Å²) in [7, 11) is 0. The molecule has 1 N–H and O–H groups in total. The van der Waals surface area contributed by atoms with Gasteiger partial charge in [-0.25, -0.2) is 0 Å². The third-order valence-electron chi connectivity index (χ3n) is 4.68. The molecule has 0 unspecified atom stereocenters. The van der Waals surface area contributed by atoms with Crippen LogP contribution in [0.2, 0.25) is 5.02 Å². The van der Waals surface area contributed by atoms with Crippen molar-refractivity contribution in [2.45, 2.75) is 33.5 Å². The number of rotatable bonds is 8. The van der Waals surface area contributed by atoms with E-state index in [1.54, 1.807) is 30.5 Å². The lowest BCUT2D eigenvalue weighted by atomic mass is 10.1. The maximum Gasteiger partial charge on any atom is 0.271 e. The fraction of sp³-hybridized carbons (Fsp3) is 0.238. The van der Waals surface area contributed by atoms with E-state index < -0.39 is 4.92 Å². The number of nitrogens with one attached hydrogen (secondary N) is 1. The number of ether oxygens (including phenoxy) is 1. The van der Waals surface area contributed by atoms with Gasteiger partial charge in [0.1, 0.15) is 12.4 Å². The SMILES string of the molecule is CCn1ncc(CNC(=O)c2ccc(COc3ccc([N+](=O)[O-])cc3Cl)cc2)c1C. The van der Waals surface area contributed by atoms with Crippen LogP contribution in [0.4, 0.5) is 5.69 Å². The first-order valence-corrected chi connectivity index (χ1v) is 9.72. The Hall–Kier alpha value is -3.39. The van der Waals surface area contributed by atoms with Crippen molar-refractivity contribution >= 4 is 23.2 Å². The molecule has 1 aromatic heterocycles. The largest absolute Gasteiger partial charge is 0.487 e. The van der Waals surface area contributed by atoms with E-state index in [4.69, 9.17) is 16.3 Å². The molecule has 156 valence electrons. The molecule has 0 fully saturated rings. The van der Waals surface area contributed by atoms with Crippen LogP contribution in [0.3, 0.4) is 0 Å². The van der Waals surface area contributed by atoms with E-state index in [0.717, 1.165) is 23.4 Å². The molecular formula is C21H21ClN4O4. The van der Waals surface area contributed by atoms with E-state index in [9.17, 15) is 14.9 Å². The number of hydrogen-bond donors (Lipinski definition) is 1. The Morgan fingerprint density at radius 1 is 1.27 bits per heavy atom. The highest BCUT2D eigenvalue weighted by atomic mass is 35.5. The van der Waals surface area contributed by atoms with Crippen molar-refractivity contribution in [3.63, 3.8) is 0 Å². The van der Waals surface area contributed by atoms with Crippen molar-refractivity contribution in [3.05, 3.63) is 86.2 Å². The molecule has 0 saturated heterocycles. The molecule has 1 amide bonds. The first-order valence-electron chi connectivity index (χ1n) is 9.34. The zero-order chi connectivity index (χ0) is 21.7. The Morgan fingerprint density at radius 2 is 2.00 bits per heavy atom. The minimum absolute atomic E-state index is 0.0973. The fourth-order valence-electron chi connectivity index (χ4n) is 2.89. The molecule has 3 aromatic rings. The van der Waals surface area contributed by atoms with Gasteiger partial charge >= 0.3 is 0 Å². The molecule has 3 rings (SSSR count). The van der Waals surface area contributed by atoms with E-state index >= 15 is 0 Å². The molecule has 0 aliphatic heterocycles. The topological polar surface area (TPSA) is 99.3 Å². The Labute approximate surface area is 178 Å². The monoisotopic (exact) mass is 428 g/mol. The molecule has 0 spiro atoms. The number of aryl methyl sites for hydroxylation is 1. The second-order valence-electron chi connectivity index (χ2n) is 6.61. The van der Waals surface area contributed by atoms with Gasteiger partial charge in [-0.15, -0.1) is 0 Å². The maximum absolute atomic E-state index is 12.4. The predicted octanol–water partition coefficient (Wildman–Crippen LogP) is 4.28. The number of non-ortho nitro benzene ring substituents is 1. The standard InChI is InChI=1S/C21H21ClN4O4/c1-3-25-14(2)17(12-24-25)11-23-21(27)16-6-4-15(5-7-16)13-30-20-9-8-18(26(28)29)10-19(20)22/h4-10,12H,3,11,13H2,1-2H3,(H,23,27). The van der Waals surface area contributed by atoms with Crippen LogP contribution < -0.4 is 10.1 Å². The summed E-state index contributed by atoms with van der Waals surface area (Å²) in [6.45, 7) is 5.41. The first-order chi connectivity index (χ1) is 14.4. The summed E-state index contributed by atoms with van der Waals surface area (Å²) in [5.74, 6) is 0.177. The van der Waals surface area contributed by atoms with Crippen molar-refractivity contribution in [2.24, 2.45) is 0 Å². The van der Waals surface area contributed by atoms with E-state index in [2.05, 4.69) is 10.4 Å². The van der Waals surface area contributed by atoms with Crippen LogP contribution in [0.1, 0.15) is 34.1 Å². The average Bonchev–Trinajstić information content (AvgIpc) is 3.10. The van der Waals surface area contributed by atoms with E-state index in [1.165, 1.54) is 18.2 Å². The molecule has 0 aliphatic rings. The summed E-state index contributed by atoms with van der Waals surface area (Å²) >= 11 is 6.03. The summed E-state index contributed by atoms with van der Waals surface area (Å²) in [5, 5.41) is 18.1. The van der Waals surface area contributed by atoms with Gasteiger partial charge in [-0.3, -0.25) is 19.6 Å². The Balaban J connectivity index is 1.56. The second kappa shape index (κ2) is 9.41. The summed E-state index contributed by atoms with van der Waals surface area (Å²) < 4.78 is 7.51. The van der Waals surface area contributed by atoms with Crippen molar-refractivity contribution < 1.29 is 14.5 Å². The fourth-order valence-corrected chi connectivity index (χ4v) is 3.12. The van der Waals surface area contributed by atoms with Gasteiger partial charge in [0.05, 0.1) is 16.1 Å². The summed E-state index contributed by atoms with van der Waals surface area (Å²) in [6, 6.07) is 11.0. The van der Waals surface area contributed by atoms with Crippen LogP contribution in [0.5, 0.6) is 5.75 Å². The van der Waals surface area contributed by atoms with Gasteiger partial charge in [0.15, 0.2) is 0 Å². The number of aromatic nitrogens is 2. The second-order valence-corrected chi connectivity index (χ2v) is 7.02. The lowest BCUT2D eigenvalue weighted by molar-refractivity contribution is -0.384. The predicted molar refractivity (Wildman–Crippen MR) is 113 cm³/mol. The third kappa shape index (κ3) is 4.96. The molecule has 1 heterocycles.